The Balaban J connectivity index is 3.10. The Bertz CT molecular complexity index is 366. The second kappa shape index (κ2) is 8.17. The molecule has 1 N–H and O–H groups in total. The van der Waals surface area contributed by atoms with Crippen LogP contribution in [-0.4, -0.2) is 37.2 Å². The molecule has 0 aliphatic heterocycles. The van der Waals surface area contributed by atoms with Crippen molar-refractivity contribution >= 4 is 0 Å². The van der Waals surface area contributed by atoms with Crippen LogP contribution in [0.15, 0.2) is 6.20 Å². The van der Waals surface area contributed by atoms with Gasteiger partial charge in [-0.05, 0) is 19.9 Å². The molecule has 5 nitrogen and oxygen atoms in total. The molecule has 2 unspecified atom stereocenters. The van der Waals surface area contributed by atoms with Crippen molar-refractivity contribution in [1.82, 2.24) is 15.1 Å². The number of methoxy groups -OCH3 is 2. The van der Waals surface area contributed by atoms with Crippen LogP contribution < -0.4 is 10.1 Å². The predicted molar refractivity (Wildman–Crippen MR) is 76.6 cm³/mol. The molecular formula is C14H27N3O2. The predicted octanol–water partition coefficient (Wildman–Crippen LogP) is 2.38. The molecule has 1 aromatic rings. The Morgan fingerprint density at radius 3 is 2.53 bits per heavy atom. The van der Waals surface area contributed by atoms with Crippen LogP contribution in [0.1, 0.15) is 44.8 Å². The van der Waals surface area contributed by atoms with Crippen molar-refractivity contribution < 1.29 is 9.47 Å². The van der Waals surface area contributed by atoms with Gasteiger partial charge >= 0.3 is 0 Å². The van der Waals surface area contributed by atoms with E-state index in [4.69, 9.17) is 9.47 Å². The topological polar surface area (TPSA) is 48.3 Å². The van der Waals surface area contributed by atoms with Crippen molar-refractivity contribution in [2.45, 2.75) is 51.8 Å². The van der Waals surface area contributed by atoms with Gasteiger partial charge in [0.25, 0.3) is 0 Å². The van der Waals surface area contributed by atoms with Gasteiger partial charge in [0, 0.05) is 13.7 Å². The number of rotatable bonds is 9. The molecule has 0 radical (unpaired) electrons. The molecule has 2 atom stereocenters. The van der Waals surface area contributed by atoms with E-state index in [0.29, 0.717) is 0 Å². The van der Waals surface area contributed by atoms with Gasteiger partial charge in [0.05, 0.1) is 31.1 Å². The standard InChI is InChI=1S/C14H27N3O2/c1-6-8-11(18-4)13(15-3)14-12(19-5)10-16-17(14)9-7-2/h10-11,13,15H,6-9H2,1-5H3. The van der Waals surface area contributed by atoms with Gasteiger partial charge < -0.3 is 14.8 Å². The molecule has 0 fully saturated rings. The molecule has 0 aliphatic rings. The second-order valence-electron chi connectivity index (χ2n) is 4.65. The highest BCUT2D eigenvalue weighted by Crippen LogP contribution is 2.30. The number of nitrogens with one attached hydrogen (secondary N) is 1. The summed E-state index contributed by atoms with van der Waals surface area (Å²) in [6.45, 7) is 5.20. The van der Waals surface area contributed by atoms with Crippen molar-refractivity contribution in [3.63, 3.8) is 0 Å². The summed E-state index contributed by atoms with van der Waals surface area (Å²) in [6, 6.07) is 0.0916. The minimum Gasteiger partial charge on any atom is -0.493 e. The maximum atomic E-state index is 5.64. The van der Waals surface area contributed by atoms with Crippen molar-refractivity contribution in [2.24, 2.45) is 0 Å². The lowest BCUT2D eigenvalue weighted by Crippen LogP contribution is -2.33. The summed E-state index contributed by atoms with van der Waals surface area (Å²) >= 11 is 0. The number of hydrogen-bond acceptors (Lipinski definition) is 4. The molecule has 0 aromatic carbocycles. The molecular weight excluding hydrogens is 242 g/mol. The number of likely N-dealkylation sites (N-methyl/N-ethyl adjacent to an activating group) is 1. The van der Waals surface area contributed by atoms with Gasteiger partial charge in [0.2, 0.25) is 0 Å². The Labute approximate surface area is 116 Å². The monoisotopic (exact) mass is 269 g/mol. The smallest absolute Gasteiger partial charge is 0.161 e. The molecule has 5 heteroatoms. The highest BCUT2D eigenvalue weighted by atomic mass is 16.5. The van der Waals surface area contributed by atoms with Crippen LogP contribution in [-0.2, 0) is 11.3 Å². The summed E-state index contributed by atoms with van der Waals surface area (Å²) in [5, 5.41) is 7.77. The first kappa shape index (κ1) is 16.0. The minimum absolute atomic E-state index is 0.0916. The lowest BCUT2D eigenvalue weighted by molar-refractivity contribution is 0.0594. The lowest BCUT2D eigenvalue weighted by Gasteiger charge is -2.26. The third-order valence-electron chi connectivity index (χ3n) is 3.35. The summed E-state index contributed by atoms with van der Waals surface area (Å²) in [5.74, 6) is 0.825. The molecule has 0 saturated heterocycles. The highest BCUT2D eigenvalue weighted by molar-refractivity contribution is 5.29. The van der Waals surface area contributed by atoms with Crippen molar-refractivity contribution in [2.75, 3.05) is 21.3 Å². The zero-order chi connectivity index (χ0) is 14.3. The average molecular weight is 269 g/mol. The summed E-state index contributed by atoms with van der Waals surface area (Å²) in [7, 11) is 5.40. The molecule has 0 bridgehead atoms. The number of hydrogen-bond donors (Lipinski definition) is 1. The van der Waals surface area contributed by atoms with Crippen LogP contribution >= 0.6 is 0 Å². The number of aromatic nitrogens is 2. The molecule has 0 amide bonds. The third-order valence-corrected chi connectivity index (χ3v) is 3.35. The van der Waals surface area contributed by atoms with E-state index in [-0.39, 0.29) is 12.1 Å². The summed E-state index contributed by atoms with van der Waals surface area (Å²) < 4.78 is 13.1. The molecule has 1 rings (SSSR count). The zero-order valence-electron chi connectivity index (χ0n) is 12.8. The molecule has 1 aromatic heterocycles. The van der Waals surface area contributed by atoms with E-state index in [1.54, 1.807) is 20.4 Å². The number of aryl methyl sites for hydroxylation is 1. The maximum Gasteiger partial charge on any atom is 0.161 e. The van der Waals surface area contributed by atoms with Crippen LogP contribution in [0.5, 0.6) is 5.75 Å². The first-order chi connectivity index (χ1) is 9.23. The fourth-order valence-corrected chi connectivity index (χ4v) is 2.44. The number of ether oxygens (including phenoxy) is 2. The van der Waals surface area contributed by atoms with Gasteiger partial charge in [-0.1, -0.05) is 20.3 Å². The quantitative estimate of drug-likeness (QED) is 0.747. The van der Waals surface area contributed by atoms with Crippen molar-refractivity contribution in [3.05, 3.63) is 11.9 Å². The van der Waals surface area contributed by atoms with Gasteiger partial charge in [0.15, 0.2) is 5.75 Å². The Morgan fingerprint density at radius 2 is 2.05 bits per heavy atom. The zero-order valence-corrected chi connectivity index (χ0v) is 12.8. The van der Waals surface area contributed by atoms with Crippen molar-refractivity contribution in [3.8, 4) is 5.75 Å². The molecule has 0 spiro atoms. The van der Waals surface area contributed by atoms with E-state index in [2.05, 4.69) is 24.3 Å². The van der Waals surface area contributed by atoms with Crippen molar-refractivity contribution in [1.29, 1.82) is 0 Å². The van der Waals surface area contributed by atoms with Gasteiger partial charge in [-0.15, -0.1) is 0 Å². The second-order valence-corrected chi connectivity index (χ2v) is 4.65. The van der Waals surface area contributed by atoms with Crippen LogP contribution in [0, 0.1) is 0 Å². The third kappa shape index (κ3) is 3.70. The molecule has 0 aliphatic carbocycles. The van der Waals surface area contributed by atoms with Gasteiger partial charge in [0.1, 0.15) is 0 Å². The van der Waals surface area contributed by atoms with E-state index in [0.717, 1.165) is 37.3 Å². The summed E-state index contributed by atoms with van der Waals surface area (Å²) in [6.07, 6.45) is 5.04. The van der Waals surface area contributed by atoms with E-state index in [1.807, 2.05) is 11.7 Å². The lowest BCUT2D eigenvalue weighted by atomic mass is 10.0. The van der Waals surface area contributed by atoms with Gasteiger partial charge in [-0.2, -0.15) is 5.10 Å². The van der Waals surface area contributed by atoms with Gasteiger partial charge in [-0.3, -0.25) is 4.68 Å². The fourth-order valence-electron chi connectivity index (χ4n) is 2.44. The first-order valence-corrected chi connectivity index (χ1v) is 7.03. The van der Waals surface area contributed by atoms with Gasteiger partial charge in [-0.25, -0.2) is 0 Å². The minimum atomic E-state index is 0.0916. The first-order valence-electron chi connectivity index (χ1n) is 7.03. The van der Waals surface area contributed by atoms with Crippen LogP contribution in [0.25, 0.3) is 0 Å². The molecule has 1 heterocycles. The molecule has 0 saturated carbocycles. The largest absolute Gasteiger partial charge is 0.493 e. The fraction of sp³-hybridized carbons (Fsp3) is 0.786. The van der Waals surface area contributed by atoms with E-state index >= 15 is 0 Å². The van der Waals surface area contributed by atoms with Crippen LogP contribution in [0.2, 0.25) is 0 Å². The Morgan fingerprint density at radius 1 is 1.32 bits per heavy atom. The SMILES string of the molecule is CCCC(OC)C(NC)c1c(OC)cnn1CCC. The summed E-state index contributed by atoms with van der Waals surface area (Å²) in [4.78, 5) is 0. The Kier molecular flexibility index (Phi) is 6.87. The highest BCUT2D eigenvalue weighted by Gasteiger charge is 2.27. The maximum absolute atomic E-state index is 5.64. The average Bonchev–Trinajstić information content (AvgIpc) is 2.82. The summed E-state index contributed by atoms with van der Waals surface area (Å²) in [5.41, 5.74) is 1.08. The van der Waals surface area contributed by atoms with E-state index < -0.39 is 0 Å². The van der Waals surface area contributed by atoms with E-state index in [9.17, 15) is 0 Å². The van der Waals surface area contributed by atoms with Crippen LogP contribution in [0.3, 0.4) is 0 Å². The molecule has 19 heavy (non-hydrogen) atoms. The molecule has 110 valence electrons. The van der Waals surface area contributed by atoms with E-state index in [1.165, 1.54) is 0 Å². The number of nitrogens with zero attached hydrogens (tertiary/aromatic N) is 2. The Hall–Kier alpha value is -1.07. The van der Waals surface area contributed by atoms with Crippen LogP contribution in [0.4, 0.5) is 0 Å². The normalized spacial score (nSPS) is 14.4.